The van der Waals surface area contributed by atoms with E-state index in [1.807, 2.05) is 19.2 Å². The van der Waals surface area contributed by atoms with Crippen molar-refractivity contribution in [2.45, 2.75) is 13.3 Å². The molecule has 0 bridgehead atoms. The molecule has 1 aromatic rings. The average molecular weight is 184 g/mol. The van der Waals surface area contributed by atoms with Gasteiger partial charge in [-0.15, -0.1) is 0 Å². The molecule has 0 fully saturated rings. The summed E-state index contributed by atoms with van der Waals surface area (Å²) in [6, 6.07) is 0. The maximum absolute atomic E-state index is 4.35. The van der Waals surface area contributed by atoms with E-state index in [-0.39, 0.29) is 0 Å². The van der Waals surface area contributed by atoms with Crippen LogP contribution in [-0.2, 0) is 6.42 Å². The quantitative estimate of drug-likeness (QED) is 0.609. The topological polar surface area (TPSA) is 50.5 Å². The minimum atomic E-state index is 0.768. The van der Waals surface area contributed by atoms with Crippen LogP contribution in [0.2, 0.25) is 0 Å². The van der Waals surface area contributed by atoms with Gasteiger partial charge in [-0.05, 0) is 13.0 Å². The Bertz CT molecular complexity index is 497. The molecule has 0 aromatic carbocycles. The van der Waals surface area contributed by atoms with E-state index in [0.29, 0.717) is 0 Å². The third-order valence-electron chi connectivity index (χ3n) is 2.33. The van der Waals surface area contributed by atoms with Gasteiger partial charge < -0.3 is 0 Å². The predicted molar refractivity (Wildman–Crippen MR) is 54.3 cm³/mol. The van der Waals surface area contributed by atoms with Crippen LogP contribution in [0.4, 0.5) is 0 Å². The molecule has 2 aliphatic rings. The Morgan fingerprint density at radius 2 is 2.21 bits per heavy atom. The van der Waals surface area contributed by atoms with Gasteiger partial charge in [0.05, 0.1) is 17.1 Å². The first-order valence-electron chi connectivity index (χ1n) is 4.47. The smallest absolute Gasteiger partial charge is 0.126 e. The van der Waals surface area contributed by atoms with E-state index in [1.165, 1.54) is 0 Å². The molecule has 1 aromatic heterocycles. The van der Waals surface area contributed by atoms with Crippen LogP contribution in [0.3, 0.4) is 0 Å². The number of hydrogen-bond donors (Lipinski definition) is 0. The van der Waals surface area contributed by atoms with E-state index in [0.717, 1.165) is 34.9 Å². The first kappa shape index (κ1) is 7.55. The zero-order valence-corrected chi connectivity index (χ0v) is 7.73. The second kappa shape index (κ2) is 2.57. The molecule has 0 radical (unpaired) electrons. The maximum atomic E-state index is 4.35. The molecular weight excluding hydrogens is 176 g/mol. The maximum Gasteiger partial charge on any atom is 0.126 e. The van der Waals surface area contributed by atoms with Crippen LogP contribution in [0.15, 0.2) is 28.2 Å². The zero-order chi connectivity index (χ0) is 9.54. The van der Waals surface area contributed by atoms with Crippen molar-refractivity contribution in [1.82, 2.24) is 9.97 Å². The largest absolute Gasteiger partial charge is 0.244 e. The van der Waals surface area contributed by atoms with E-state index in [4.69, 9.17) is 0 Å². The van der Waals surface area contributed by atoms with Gasteiger partial charge in [0.1, 0.15) is 12.2 Å². The minimum Gasteiger partial charge on any atom is -0.244 e. The van der Waals surface area contributed by atoms with Crippen molar-refractivity contribution in [2.75, 3.05) is 0 Å². The lowest BCUT2D eigenvalue weighted by Crippen LogP contribution is -2.11. The molecule has 1 aliphatic carbocycles. The van der Waals surface area contributed by atoms with Crippen LogP contribution in [0.1, 0.15) is 18.2 Å². The molecule has 1 aliphatic heterocycles. The van der Waals surface area contributed by atoms with Crippen molar-refractivity contribution in [3.8, 4) is 0 Å². The van der Waals surface area contributed by atoms with E-state index in [2.05, 4.69) is 20.0 Å². The highest BCUT2D eigenvalue weighted by atomic mass is 15.0. The first-order valence-corrected chi connectivity index (χ1v) is 4.47. The lowest BCUT2D eigenvalue weighted by molar-refractivity contribution is 1.05. The highest BCUT2D eigenvalue weighted by molar-refractivity contribution is 6.16. The lowest BCUT2D eigenvalue weighted by atomic mass is 10.0. The van der Waals surface area contributed by atoms with Crippen LogP contribution in [-0.4, -0.2) is 21.5 Å². The van der Waals surface area contributed by atoms with Gasteiger partial charge in [-0.3, -0.25) is 0 Å². The summed E-state index contributed by atoms with van der Waals surface area (Å²) in [6.45, 7) is 1.91. The standard InChI is InChI=1S/C10H8N4/c1-6-13-9-2-7-4-11-5-12-8(7)3-10(9)14-6/h2,4-5H,3H2,1H3. The summed E-state index contributed by atoms with van der Waals surface area (Å²) >= 11 is 0. The number of allylic oxidation sites excluding steroid dienone is 1. The summed E-state index contributed by atoms with van der Waals surface area (Å²) in [7, 11) is 0. The minimum absolute atomic E-state index is 0.768. The first-order chi connectivity index (χ1) is 6.83. The van der Waals surface area contributed by atoms with Crippen molar-refractivity contribution < 1.29 is 0 Å². The van der Waals surface area contributed by atoms with Gasteiger partial charge in [0.2, 0.25) is 0 Å². The van der Waals surface area contributed by atoms with Gasteiger partial charge in [-0.25, -0.2) is 20.0 Å². The molecule has 0 amide bonds. The van der Waals surface area contributed by atoms with Gasteiger partial charge >= 0.3 is 0 Å². The molecule has 0 saturated carbocycles. The number of fused-ring (bicyclic) bond motifs is 2. The van der Waals surface area contributed by atoms with Crippen LogP contribution >= 0.6 is 0 Å². The normalized spacial score (nSPS) is 17.9. The summed E-state index contributed by atoms with van der Waals surface area (Å²) in [5.41, 5.74) is 4.07. The van der Waals surface area contributed by atoms with Crippen molar-refractivity contribution in [3.63, 3.8) is 0 Å². The molecule has 0 unspecified atom stereocenters. The SMILES string of the molecule is CC1=NC2=Cc3cncnc3CC2=N1. The number of hydrogen-bond acceptors (Lipinski definition) is 4. The van der Waals surface area contributed by atoms with Crippen LogP contribution in [0, 0.1) is 0 Å². The van der Waals surface area contributed by atoms with E-state index in [9.17, 15) is 0 Å². The molecule has 0 N–H and O–H groups in total. The van der Waals surface area contributed by atoms with E-state index >= 15 is 0 Å². The van der Waals surface area contributed by atoms with Crippen LogP contribution in [0.5, 0.6) is 0 Å². The van der Waals surface area contributed by atoms with Gasteiger partial charge in [0, 0.05) is 18.2 Å². The molecule has 14 heavy (non-hydrogen) atoms. The number of aliphatic imine (C=N–C) groups is 2. The van der Waals surface area contributed by atoms with Crippen LogP contribution in [0.25, 0.3) is 6.08 Å². The van der Waals surface area contributed by atoms with Crippen molar-refractivity contribution >= 4 is 17.6 Å². The number of rotatable bonds is 0. The van der Waals surface area contributed by atoms with Gasteiger partial charge in [-0.2, -0.15) is 0 Å². The molecule has 0 spiro atoms. The third-order valence-corrected chi connectivity index (χ3v) is 2.33. The van der Waals surface area contributed by atoms with Crippen molar-refractivity contribution in [3.05, 3.63) is 29.5 Å². The number of amidine groups is 1. The summed E-state index contributed by atoms with van der Waals surface area (Å²) < 4.78 is 0. The van der Waals surface area contributed by atoms with Crippen LogP contribution < -0.4 is 0 Å². The molecule has 68 valence electrons. The Morgan fingerprint density at radius 1 is 1.29 bits per heavy atom. The van der Waals surface area contributed by atoms with Gasteiger partial charge in [-0.1, -0.05) is 0 Å². The Balaban J connectivity index is 2.18. The molecule has 4 nitrogen and oxygen atoms in total. The molecular formula is C10H8N4. The molecule has 2 heterocycles. The fraction of sp³-hybridized carbons (Fsp3) is 0.200. The summed E-state index contributed by atoms with van der Waals surface area (Å²) in [5, 5.41) is 0. The Kier molecular flexibility index (Phi) is 1.39. The molecule has 4 heteroatoms. The molecule has 0 atom stereocenters. The fourth-order valence-corrected chi connectivity index (χ4v) is 1.70. The molecule has 0 saturated heterocycles. The summed E-state index contributed by atoms with van der Waals surface area (Å²) in [5.74, 6) is 0.826. The Labute approximate surface area is 81.1 Å². The van der Waals surface area contributed by atoms with E-state index < -0.39 is 0 Å². The number of aromatic nitrogens is 2. The lowest BCUT2D eigenvalue weighted by Gasteiger charge is -2.10. The summed E-state index contributed by atoms with van der Waals surface area (Å²) in [4.78, 5) is 16.9. The number of nitrogens with zero attached hydrogens (tertiary/aromatic N) is 4. The Morgan fingerprint density at radius 3 is 3.14 bits per heavy atom. The van der Waals surface area contributed by atoms with Crippen molar-refractivity contribution in [2.24, 2.45) is 9.98 Å². The van der Waals surface area contributed by atoms with E-state index in [1.54, 1.807) is 6.33 Å². The Hall–Kier alpha value is -1.84. The highest BCUT2D eigenvalue weighted by Gasteiger charge is 2.21. The highest BCUT2D eigenvalue weighted by Crippen LogP contribution is 2.23. The predicted octanol–water partition coefficient (Wildman–Crippen LogP) is 1.25. The van der Waals surface area contributed by atoms with Gasteiger partial charge in [0.25, 0.3) is 0 Å². The van der Waals surface area contributed by atoms with Crippen molar-refractivity contribution in [1.29, 1.82) is 0 Å². The molecule has 3 rings (SSSR count). The van der Waals surface area contributed by atoms with Gasteiger partial charge in [0.15, 0.2) is 0 Å². The fourth-order valence-electron chi connectivity index (χ4n) is 1.70. The summed E-state index contributed by atoms with van der Waals surface area (Å²) in [6.07, 6.45) is 6.15. The second-order valence-corrected chi connectivity index (χ2v) is 3.35. The monoisotopic (exact) mass is 184 g/mol. The third kappa shape index (κ3) is 1.00. The average Bonchev–Trinajstić information content (AvgIpc) is 2.53. The zero-order valence-electron chi connectivity index (χ0n) is 7.73. The second-order valence-electron chi connectivity index (χ2n) is 3.35.